The predicted octanol–water partition coefficient (Wildman–Crippen LogP) is 3.25. The Morgan fingerprint density at radius 2 is 2.20 bits per heavy atom. The second-order valence-corrected chi connectivity index (χ2v) is 3.77. The van der Waals surface area contributed by atoms with Crippen molar-refractivity contribution in [3.05, 3.63) is 36.0 Å². The summed E-state index contributed by atoms with van der Waals surface area (Å²) < 4.78 is 2.17. The average Bonchev–Trinajstić information content (AvgIpc) is 2.69. The normalized spacial score (nSPS) is 10.7. The summed E-state index contributed by atoms with van der Waals surface area (Å²) in [5, 5.41) is 1.15. The van der Waals surface area contributed by atoms with Crippen molar-refractivity contribution >= 4 is 17.2 Å². The number of benzene rings is 1. The van der Waals surface area contributed by atoms with E-state index in [1.807, 2.05) is 18.2 Å². The number of hydrogen-bond acceptors (Lipinski definition) is 1. The number of unbranched alkanes of at least 4 members (excludes halogenated alkanes) is 1. The first-order valence-corrected chi connectivity index (χ1v) is 5.40. The van der Waals surface area contributed by atoms with E-state index in [-0.39, 0.29) is 0 Å². The number of hydrogen-bond donors (Lipinski definition) is 0. The molecule has 0 aliphatic rings. The van der Waals surface area contributed by atoms with Crippen molar-refractivity contribution in [3.8, 4) is 0 Å². The molecular weight excluding hydrogens is 186 g/mol. The molecule has 0 saturated heterocycles. The highest BCUT2D eigenvalue weighted by Gasteiger charge is 2.04. The lowest BCUT2D eigenvalue weighted by Crippen LogP contribution is -1.97. The molecule has 2 nitrogen and oxygen atoms in total. The van der Waals surface area contributed by atoms with Gasteiger partial charge in [0.15, 0.2) is 6.29 Å². The fourth-order valence-electron chi connectivity index (χ4n) is 1.90. The summed E-state index contributed by atoms with van der Waals surface area (Å²) in [7, 11) is 0. The van der Waals surface area contributed by atoms with Crippen LogP contribution in [0.15, 0.2) is 30.5 Å². The van der Waals surface area contributed by atoms with Crippen molar-refractivity contribution in [1.29, 1.82) is 0 Å². The van der Waals surface area contributed by atoms with E-state index in [9.17, 15) is 4.79 Å². The number of rotatable bonds is 4. The summed E-state index contributed by atoms with van der Waals surface area (Å²) in [4.78, 5) is 10.9. The third-order valence-electron chi connectivity index (χ3n) is 2.70. The van der Waals surface area contributed by atoms with Gasteiger partial charge in [-0.3, -0.25) is 4.79 Å². The SMILES string of the molecule is CCCCn1ccc2cccc(C=O)c21. The van der Waals surface area contributed by atoms with Gasteiger partial charge in [-0.25, -0.2) is 0 Å². The maximum Gasteiger partial charge on any atom is 0.152 e. The fraction of sp³-hybridized carbons (Fsp3) is 0.308. The Balaban J connectivity index is 2.50. The van der Waals surface area contributed by atoms with E-state index in [1.54, 1.807) is 0 Å². The topological polar surface area (TPSA) is 22.0 Å². The highest BCUT2D eigenvalue weighted by atomic mass is 16.1. The van der Waals surface area contributed by atoms with Crippen LogP contribution >= 0.6 is 0 Å². The number of aldehydes is 1. The van der Waals surface area contributed by atoms with Crippen LogP contribution in [0.5, 0.6) is 0 Å². The minimum Gasteiger partial charge on any atom is -0.347 e. The molecular formula is C13H15NO. The molecule has 2 rings (SSSR count). The van der Waals surface area contributed by atoms with Crippen LogP contribution in [0.25, 0.3) is 10.9 Å². The van der Waals surface area contributed by atoms with E-state index in [1.165, 1.54) is 6.42 Å². The zero-order valence-corrected chi connectivity index (χ0v) is 8.94. The second kappa shape index (κ2) is 4.30. The number of carbonyl (C=O) groups is 1. The molecule has 0 amide bonds. The van der Waals surface area contributed by atoms with Gasteiger partial charge in [-0.2, -0.15) is 0 Å². The van der Waals surface area contributed by atoms with Crippen LogP contribution in [0.2, 0.25) is 0 Å². The molecule has 0 fully saturated rings. The van der Waals surface area contributed by atoms with Crippen LogP contribution in [0.1, 0.15) is 30.1 Å². The van der Waals surface area contributed by atoms with Gasteiger partial charge in [0.05, 0.1) is 5.52 Å². The Morgan fingerprint density at radius 3 is 2.93 bits per heavy atom. The van der Waals surface area contributed by atoms with Crippen molar-refractivity contribution in [1.82, 2.24) is 4.57 Å². The molecule has 0 radical (unpaired) electrons. The highest BCUT2D eigenvalue weighted by molar-refractivity contribution is 5.96. The molecule has 0 bridgehead atoms. The Morgan fingerprint density at radius 1 is 1.33 bits per heavy atom. The zero-order chi connectivity index (χ0) is 10.7. The van der Waals surface area contributed by atoms with E-state index < -0.39 is 0 Å². The fourth-order valence-corrected chi connectivity index (χ4v) is 1.90. The van der Waals surface area contributed by atoms with Gasteiger partial charge in [0, 0.05) is 23.7 Å². The van der Waals surface area contributed by atoms with Crippen LogP contribution in [-0.2, 0) is 6.54 Å². The van der Waals surface area contributed by atoms with E-state index in [4.69, 9.17) is 0 Å². The lowest BCUT2D eigenvalue weighted by molar-refractivity contribution is 0.112. The van der Waals surface area contributed by atoms with Gasteiger partial charge in [0.25, 0.3) is 0 Å². The summed E-state index contributed by atoms with van der Waals surface area (Å²) in [6.45, 7) is 3.16. The van der Waals surface area contributed by atoms with Gasteiger partial charge >= 0.3 is 0 Å². The maximum absolute atomic E-state index is 10.9. The monoisotopic (exact) mass is 201 g/mol. The van der Waals surface area contributed by atoms with Gasteiger partial charge in [-0.15, -0.1) is 0 Å². The molecule has 2 aromatic rings. The molecule has 15 heavy (non-hydrogen) atoms. The van der Waals surface area contributed by atoms with Gasteiger partial charge in [0.1, 0.15) is 0 Å². The van der Waals surface area contributed by atoms with Crippen LogP contribution in [0.3, 0.4) is 0 Å². The van der Waals surface area contributed by atoms with Crippen LogP contribution in [-0.4, -0.2) is 10.9 Å². The van der Waals surface area contributed by atoms with Crippen molar-refractivity contribution in [3.63, 3.8) is 0 Å². The first kappa shape index (κ1) is 9.97. The van der Waals surface area contributed by atoms with E-state index >= 15 is 0 Å². The lowest BCUT2D eigenvalue weighted by atomic mass is 10.1. The third kappa shape index (κ3) is 1.80. The van der Waals surface area contributed by atoms with Crippen LogP contribution in [0.4, 0.5) is 0 Å². The number of para-hydroxylation sites is 1. The Kier molecular flexibility index (Phi) is 2.86. The maximum atomic E-state index is 10.9. The Labute approximate surface area is 89.5 Å². The molecule has 2 heteroatoms. The molecule has 1 aromatic heterocycles. The second-order valence-electron chi connectivity index (χ2n) is 3.77. The van der Waals surface area contributed by atoms with Crippen LogP contribution in [0, 0.1) is 0 Å². The minimum absolute atomic E-state index is 0.786. The summed E-state index contributed by atoms with van der Waals surface area (Å²) in [5.74, 6) is 0. The standard InChI is InChI=1S/C13H15NO/c1-2-3-8-14-9-7-11-5-4-6-12(10-15)13(11)14/h4-7,9-10H,2-3,8H2,1H3. The molecule has 0 saturated carbocycles. The molecule has 1 heterocycles. The number of aryl methyl sites for hydroxylation is 1. The van der Waals surface area contributed by atoms with E-state index in [0.717, 1.165) is 35.7 Å². The van der Waals surface area contributed by atoms with Crippen LogP contribution < -0.4 is 0 Å². The highest BCUT2D eigenvalue weighted by Crippen LogP contribution is 2.19. The quantitative estimate of drug-likeness (QED) is 0.696. The lowest BCUT2D eigenvalue weighted by Gasteiger charge is -2.05. The summed E-state index contributed by atoms with van der Waals surface area (Å²) >= 11 is 0. The number of fused-ring (bicyclic) bond motifs is 1. The average molecular weight is 201 g/mol. The largest absolute Gasteiger partial charge is 0.347 e. The number of carbonyl (C=O) groups excluding carboxylic acids is 1. The molecule has 0 N–H and O–H groups in total. The Bertz CT molecular complexity index is 470. The van der Waals surface area contributed by atoms with Crippen molar-refractivity contribution in [2.45, 2.75) is 26.3 Å². The minimum atomic E-state index is 0.786. The van der Waals surface area contributed by atoms with E-state index in [0.29, 0.717) is 0 Å². The third-order valence-corrected chi connectivity index (χ3v) is 2.70. The first-order valence-electron chi connectivity index (χ1n) is 5.40. The van der Waals surface area contributed by atoms with Crippen molar-refractivity contribution in [2.75, 3.05) is 0 Å². The number of nitrogens with zero attached hydrogens (tertiary/aromatic N) is 1. The molecule has 0 aliphatic carbocycles. The number of aromatic nitrogens is 1. The molecule has 78 valence electrons. The molecule has 1 aromatic carbocycles. The first-order chi connectivity index (χ1) is 7.36. The molecule has 0 spiro atoms. The van der Waals surface area contributed by atoms with Gasteiger partial charge < -0.3 is 4.57 Å². The van der Waals surface area contributed by atoms with Crippen molar-refractivity contribution in [2.24, 2.45) is 0 Å². The molecule has 0 atom stereocenters. The predicted molar refractivity (Wildman–Crippen MR) is 62.2 cm³/mol. The Hall–Kier alpha value is -1.57. The summed E-state index contributed by atoms with van der Waals surface area (Å²) in [5.41, 5.74) is 1.86. The zero-order valence-electron chi connectivity index (χ0n) is 8.94. The smallest absolute Gasteiger partial charge is 0.152 e. The summed E-state index contributed by atoms with van der Waals surface area (Å²) in [6, 6.07) is 7.91. The summed E-state index contributed by atoms with van der Waals surface area (Å²) in [6.07, 6.45) is 5.32. The van der Waals surface area contributed by atoms with Crippen molar-refractivity contribution < 1.29 is 4.79 Å². The van der Waals surface area contributed by atoms with Gasteiger partial charge in [-0.05, 0) is 18.6 Å². The molecule has 0 aliphatic heterocycles. The molecule has 0 unspecified atom stereocenters. The van der Waals surface area contributed by atoms with E-state index in [2.05, 4.69) is 23.8 Å². The van der Waals surface area contributed by atoms with Gasteiger partial charge in [-0.1, -0.05) is 25.5 Å². The van der Waals surface area contributed by atoms with Gasteiger partial charge in [0.2, 0.25) is 0 Å².